The molecule has 3 unspecified atom stereocenters. The van der Waals surface area contributed by atoms with Gasteiger partial charge in [-0.05, 0) is 43.7 Å². The number of fused-ring (bicyclic) bond motifs is 1. The van der Waals surface area contributed by atoms with Gasteiger partial charge in [0.05, 0.1) is 12.3 Å². The van der Waals surface area contributed by atoms with Crippen LogP contribution in [0.2, 0.25) is 0 Å². The number of hydrogen-bond donors (Lipinski definition) is 2. The normalized spacial score (nSPS) is 19.0. The fourth-order valence-electron chi connectivity index (χ4n) is 4.39. The van der Waals surface area contributed by atoms with Gasteiger partial charge in [0.2, 0.25) is 5.76 Å². The fraction of sp³-hybridized carbons (Fsp3) is 0.308. The Labute approximate surface area is 192 Å². The number of aromatic nitrogens is 1. The smallest absolute Gasteiger partial charge is 0.257 e. The molecule has 2 N–H and O–H groups in total. The van der Waals surface area contributed by atoms with E-state index in [4.69, 9.17) is 4.42 Å². The lowest BCUT2D eigenvalue weighted by atomic mass is 9.98. The Morgan fingerprint density at radius 2 is 2.06 bits per heavy atom. The number of allylic oxidation sites excluding steroid dienone is 1. The summed E-state index contributed by atoms with van der Waals surface area (Å²) in [6.07, 6.45) is 6.78. The molecule has 1 aliphatic rings. The molecule has 3 atom stereocenters. The van der Waals surface area contributed by atoms with Gasteiger partial charge in [-0.1, -0.05) is 48.9 Å². The van der Waals surface area contributed by atoms with Crippen molar-refractivity contribution in [3.8, 4) is 12.1 Å². The molecule has 0 radical (unpaired) electrons. The standard InChI is InChI=1S/C26H25N5O2/c1-16-8-9-19(11-17(2)10-16)30-24-12-20-23(15-29-24)33-22(14-28)25(20)26(32)31-21(13-27)18-6-4-3-5-7-18/h3-8,12,15,17,19,21H,9-11H2,1-2H3,(H,29,30)(H,31,32). The summed E-state index contributed by atoms with van der Waals surface area (Å²) in [4.78, 5) is 17.6. The molecule has 0 spiro atoms. The maximum absolute atomic E-state index is 13.1. The molecule has 0 saturated heterocycles. The van der Waals surface area contributed by atoms with Crippen LogP contribution in [0.25, 0.3) is 11.0 Å². The first kappa shape index (κ1) is 22.1. The molecule has 4 rings (SSSR count). The largest absolute Gasteiger partial charge is 0.443 e. The Bertz CT molecular complexity index is 1280. The highest BCUT2D eigenvalue weighted by atomic mass is 16.3. The van der Waals surface area contributed by atoms with Crippen LogP contribution in [0.4, 0.5) is 5.82 Å². The van der Waals surface area contributed by atoms with Crippen LogP contribution in [0, 0.1) is 28.6 Å². The van der Waals surface area contributed by atoms with Gasteiger partial charge in [0, 0.05) is 11.4 Å². The van der Waals surface area contributed by atoms with Crippen LogP contribution in [0.1, 0.15) is 60.8 Å². The monoisotopic (exact) mass is 439 g/mol. The number of carbonyl (C=O) groups excluding carboxylic acids is 1. The van der Waals surface area contributed by atoms with Crippen molar-refractivity contribution in [2.24, 2.45) is 5.92 Å². The molecular weight excluding hydrogens is 414 g/mol. The number of hydrogen-bond acceptors (Lipinski definition) is 6. The van der Waals surface area contributed by atoms with Crippen molar-refractivity contribution in [3.63, 3.8) is 0 Å². The maximum Gasteiger partial charge on any atom is 0.257 e. The van der Waals surface area contributed by atoms with E-state index in [0.717, 1.165) is 19.3 Å². The minimum Gasteiger partial charge on any atom is -0.443 e. The number of carbonyl (C=O) groups is 1. The van der Waals surface area contributed by atoms with E-state index < -0.39 is 11.9 Å². The zero-order chi connectivity index (χ0) is 23.4. The summed E-state index contributed by atoms with van der Waals surface area (Å²) in [5.74, 6) is 0.533. The van der Waals surface area contributed by atoms with Gasteiger partial charge in [-0.2, -0.15) is 10.5 Å². The van der Waals surface area contributed by atoms with Gasteiger partial charge in [0.25, 0.3) is 5.91 Å². The third-order valence-electron chi connectivity index (χ3n) is 5.90. The van der Waals surface area contributed by atoms with E-state index in [-0.39, 0.29) is 17.4 Å². The third kappa shape index (κ3) is 4.88. The zero-order valence-corrected chi connectivity index (χ0v) is 18.6. The SMILES string of the molecule is CC1=CCC(Nc2cc3c(C(=O)NC(C#N)c4ccccc4)c(C#N)oc3cn2)CC(C)C1. The lowest BCUT2D eigenvalue weighted by Gasteiger charge is -2.19. The Balaban J connectivity index is 1.63. The second-order valence-electron chi connectivity index (χ2n) is 8.60. The highest BCUT2D eigenvalue weighted by Gasteiger charge is 2.25. The Morgan fingerprint density at radius 3 is 2.79 bits per heavy atom. The summed E-state index contributed by atoms with van der Waals surface area (Å²) in [7, 11) is 0. The second-order valence-corrected chi connectivity index (χ2v) is 8.60. The number of rotatable bonds is 5. The van der Waals surface area contributed by atoms with Crippen LogP contribution in [-0.2, 0) is 0 Å². The average molecular weight is 440 g/mol. The van der Waals surface area contributed by atoms with E-state index in [0.29, 0.717) is 28.3 Å². The molecule has 0 fully saturated rings. The van der Waals surface area contributed by atoms with Crippen LogP contribution in [0.15, 0.2) is 58.7 Å². The number of pyridine rings is 1. The van der Waals surface area contributed by atoms with Crippen molar-refractivity contribution in [3.05, 3.63) is 71.1 Å². The summed E-state index contributed by atoms with van der Waals surface area (Å²) >= 11 is 0. The topological polar surface area (TPSA) is 115 Å². The van der Waals surface area contributed by atoms with E-state index >= 15 is 0 Å². The summed E-state index contributed by atoms with van der Waals surface area (Å²) in [6, 6.07) is 14.1. The average Bonchev–Trinajstić information content (AvgIpc) is 3.10. The van der Waals surface area contributed by atoms with Gasteiger partial charge in [0.15, 0.2) is 5.58 Å². The number of anilines is 1. The summed E-state index contributed by atoms with van der Waals surface area (Å²) in [6.45, 7) is 4.40. The van der Waals surface area contributed by atoms with Crippen molar-refractivity contribution in [2.45, 2.75) is 45.2 Å². The van der Waals surface area contributed by atoms with Crippen molar-refractivity contribution in [1.29, 1.82) is 10.5 Å². The number of nitriles is 2. The minimum absolute atomic E-state index is 0.104. The van der Waals surface area contributed by atoms with Gasteiger partial charge in [-0.15, -0.1) is 0 Å². The lowest BCUT2D eigenvalue weighted by Crippen LogP contribution is -2.28. The summed E-state index contributed by atoms with van der Waals surface area (Å²) < 4.78 is 5.58. The van der Waals surface area contributed by atoms with Gasteiger partial charge in [-0.25, -0.2) is 4.98 Å². The Morgan fingerprint density at radius 1 is 1.27 bits per heavy atom. The van der Waals surface area contributed by atoms with Crippen molar-refractivity contribution in [1.82, 2.24) is 10.3 Å². The lowest BCUT2D eigenvalue weighted by molar-refractivity contribution is 0.0945. The molecule has 2 heterocycles. The van der Waals surface area contributed by atoms with E-state index in [9.17, 15) is 15.3 Å². The summed E-state index contributed by atoms with van der Waals surface area (Å²) in [5.41, 5.74) is 2.52. The molecule has 2 aromatic heterocycles. The molecule has 0 bridgehead atoms. The number of amides is 1. The van der Waals surface area contributed by atoms with Gasteiger partial charge in [-0.3, -0.25) is 4.79 Å². The van der Waals surface area contributed by atoms with Crippen LogP contribution < -0.4 is 10.6 Å². The van der Waals surface area contributed by atoms with Crippen molar-refractivity contribution in [2.75, 3.05) is 5.32 Å². The van der Waals surface area contributed by atoms with E-state index in [2.05, 4.69) is 41.6 Å². The Hall–Kier alpha value is -4.10. The fourth-order valence-corrected chi connectivity index (χ4v) is 4.39. The van der Waals surface area contributed by atoms with Crippen molar-refractivity contribution < 1.29 is 9.21 Å². The Kier molecular flexibility index (Phi) is 6.42. The van der Waals surface area contributed by atoms with Crippen LogP contribution in [0.3, 0.4) is 0 Å². The molecule has 7 nitrogen and oxygen atoms in total. The third-order valence-corrected chi connectivity index (χ3v) is 5.90. The molecular formula is C26H25N5O2. The first-order valence-electron chi connectivity index (χ1n) is 11.0. The molecule has 0 saturated carbocycles. The quantitative estimate of drug-likeness (QED) is 0.525. The minimum atomic E-state index is -0.850. The first-order valence-corrected chi connectivity index (χ1v) is 11.0. The highest BCUT2D eigenvalue weighted by Crippen LogP contribution is 2.30. The molecule has 0 aliphatic heterocycles. The van der Waals surface area contributed by atoms with Gasteiger partial charge < -0.3 is 15.1 Å². The molecule has 3 aromatic rings. The predicted octanol–water partition coefficient (Wildman–Crippen LogP) is 5.24. The maximum atomic E-state index is 13.1. The number of benzene rings is 1. The molecule has 1 amide bonds. The molecule has 1 aliphatic carbocycles. The van der Waals surface area contributed by atoms with Gasteiger partial charge in [0.1, 0.15) is 23.5 Å². The van der Waals surface area contributed by atoms with E-state index in [1.54, 1.807) is 30.3 Å². The van der Waals surface area contributed by atoms with Crippen LogP contribution in [-0.4, -0.2) is 16.9 Å². The number of nitrogens with zero attached hydrogens (tertiary/aromatic N) is 3. The zero-order valence-electron chi connectivity index (χ0n) is 18.6. The van der Waals surface area contributed by atoms with Crippen LogP contribution in [0.5, 0.6) is 0 Å². The molecule has 166 valence electrons. The van der Waals surface area contributed by atoms with Crippen molar-refractivity contribution >= 4 is 22.7 Å². The predicted molar refractivity (Wildman–Crippen MR) is 125 cm³/mol. The second kappa shape index (κ2) is 9.58. The van der Waals surface area contributed by atoms with Gasteiger partial charge >= 0.3 is 0 Å². The molecule has 1 aromatic carbocycles. The first-order chi connectivity index (χ1) is 16.0. The number of nitrogens with one attached hydrogen (secondary N) is 2. The van der Waals surface area contributed by atoms with Crippen LogP contribution >= 0.6 is 0 Å². The molecule has 33 heavy (non-hydrogen) atoms. The number of furan rings is 1. The van der Waals surface area contributed by atoms with E-state index in [1.165, 1.54) is 11.8 Å². The summed E-state index contributed by atoms with van der Waals surface area (Å²) in [5, 5.41) is 25.8. The molecule has 7 heteroatoms. The highest BCUT2D eigenvalue weighted by molar-refractivity contribution is 6.08. The van der Waals surface area contributed by atoms with E-state index in [1.807, 2.05) is 12.1 Å².